The summed E-state index contributed by atoms with van der Waals surface area (Å²) < 4.78 is 0. The first-order valence-electron chi connectivity index (χ1n) is 7.97. The summed E-state index contributed by atoms with van der Waals surface area (Å²) in [5.74, 6) is -0.472. The third-order valence-electron chi connectivity index (χ3n) is 4.50. The first-order valence-corrected chi connectivity index (χ1v) is 8.85. The van der Waals surface area contributed by atoms with Gasteiger partial charge >= 0.3 is 5.97 Å². The van der Waals surface area contributed by atoms with Crippen LogP contribution in [0.1, 0.15) is 56.7 Å². The highest BCUT2D eigenvalue weighted by molar-refractivity contribution is 7.09. The number of aromatic nitrogens is 1. The van der Waals surface area contributed by atoms with Crippen molar-refractivity contribution < 1.29 is 15.0 Å². The Kier molecular flexibility index (Phi) is 5.58. The smallest absolute Gasteiger partial charge is 0.313 e. The molecular formula is C16H26N2O3S. The molecule has 1 aromatic heterocycles. The second kappa shape index (κ2) is 7.06. The molecule has 6 heteroatoms. The van der Waals surface area contributed by atoms with Gasteiger partial charge < -0.3 is 10.2 Å². The lowest BCUT2D eigenvalue weighted by atomic mass is 9.74. The molecule has 22 heavy (non-hydrogen) atoms. The molecule has 5 nitrogen and oxygen atoms in total. The molecule has 1 aliphatic heterocycles. The molecule has 2 rings (SSSR count). The SMILES string of the molecule is CCC[C@@]1(C(=O)O)CN(Cc2nc(C(C)C)cs2)CC[C@H]1O. The minimum absolute atomic E-state index is 0.397. The van der Waals surface area contributed by atoms with Crippen LogP contribution in [0.15, 0.2) is 5.38 Å². The van der Waals surface area contributed by atoms with Crippen molar-refractivity contribution in [2.75, 3.05) is 13.1 Å². The summed E-state index contributed by atoms with van der Waals surface area (Å²) in [6.07, 6.45) is 1.01. The van der Waals surface area contributed by atoms with E-state index in [4.69, 9.17) is 0 Å². The van der Waals surface area contributed by atoms with Crippen LogP contribution < -0.4 is 0 Å². The Bertz CT molecular complexity index is 517. The molecule has 2 heterocycles. The van der Waals surface area contributed by atoms with Crippen molar-refractivity contribution in [2.45, 2.75) is 58.6 Å². The molecule has 0 radical (unpaired) electrons. The molecule has 0 unspecified atom stereocenters. The van der Waals surface area contributed by atoms with Crippen LogP contribution in [-0.4, -0.2) is 45.3 Å². The van der Waals surface area contributed by atoms with Crippen LogP contribution in [0.3, 0.4) is 0 Å². The number of piperidine rings is 1. The van der Waals surface area contributed by atoms with Crippen molar-refractivity contribution in [1.82, 2.24) is 9.88 Å². The Morgan fingerprint density at radius 1 is 1.59 bits per heavy atom. The molecule has 1 fully saturated rings. The number of hydrogen-bond donors (Lipinski definition) is 2. The first-order chi connectivity index (χ1) is 10.4. The van der Waals surface area contributed by atoms with Crippen LogP contribution in [0.5, 0.6) is 0 Å². The minimum atomic E-state index is -1.04. The van der Waals surface area contributed by atoms with E-state index in [1.54, 1.807) is 11.3 Å². The second-order valence-corrected chi connectivity index (χ2v) is 7.49. The van der Waals surface area contributed by atoms with Crippen molar-refractivity contribution in [3.63, 3.8) is 0 Å². The summed E-state index contributed by atoms with van der Waals surface area (Å²) in [7, 11) is 0. The summed E-state index contributed by atoms with van der Waals surface area (Å²) >= 11 is 1.63. The van der Waals surface area contributed by atoms with Crippen molar-refractivity contribution >= 4 is 17.3 Å². The van der Waals surface area contributed by atoms with Crippen molar-refractivity contribution in [1.29, 1.82) is 0 Å². The van der Waals surface area contributed by atoms with E-state index in [-0.39, 0.29) is 0 Å². The van der Waals surface area contributed by atoms with Gasteiger partial charge in [-0.05, 0) is 18.8 Å². The topological polar surface area (TPSA) is 73.7 Å². The molecule has 1 saturated heterocycles. The summed E-state index contributed by atoms with van der Waals surface area (Å²) in [5.41, 5.74) is 0.0561. The quantitative estimate of drug-likeness (QED) is 0.841. The van der Waals surface area contributed by atoms with Gasteiger partial charge in [0.05, 0.1) is 18.3 Å². The van der Waals surface area contributed by atoms with Crippen LogP contribution >= 0.6 is 11.3 Å². The van der Waals surface area contributed by atoms with Gasteiger partial charge in [0.25, 0.3) is 0 Å². The highest BCUT2D eigenvalue weighted by Crippen LogP contribution is 2.36. The fourth-order valence-electron chi connectivity index (χ4n) is 3.16. The van der Waals surface area contributed by atoms with Gasteiger partial charge in [-0.15, -0.1) is 11.3 Å². The van der Waals surface area contributed by atoms with Gasteiger partial charge in [-0.2, -0.15) is 0 Å². The van der Waals surface area contributed by atoms with Gasteiger partial charge in [0, 0.05) is 18.5 Å². The number of carbonyl (C=O) groups is 1. The van der Waals surface area contributed by atoms with Gasteiger partial charge in [0.2, 0.25) is 0 Å². The zero-order valence-electron chi connectivity index (χ0n) is 13.6. The van der Waals surface area contributed by atoms with Crippen LogP contribution in [-0.2, 0) is 11.3 Å². The second-order valence-electron chi connectivity index (χ2n) is 6.55. The van der Waals surface area contributed by atoms with E-state index in [1.165, 1.54) is 0 Å². The standard InChI is InChI=1S/C16H26N2O3S/c1-4-6-16(15(20)21)10-18(7-5-13(16)19)8-14-17-12(9-22-14)11(2)3/h9,11,13,19H,4-8,10H2,1-3H3,(H,20,21)/t13-,16-/m1/s1. The molecular weight excluding hydrogens is 300 g/mol. The molecule has 0 aromatic carbocycles. The molecule has 0 bridgehead atoms. The van der Waals surface area contributed by atoms with Gasteiger partial charge in [0.1, 0.15) is 10.4 Å². The Balaban J connectivity index is 2.10. The van der Waals surface area contributed by atoms with Crippen LogP contribution in [0.25, 0.3) is 0 Å². The first kappa shape index (κ1) is 17.4. The third-order valence-corrected chi connectivity index (χ3v) is 5.36. The summed E-state index contributed by atoms with van der Waals surface area (Å²) in [4.78, 5) is 18.5. The van der Waals surface area contributed by atoms with E-state index >= 15 is 0 Å². The number of aliphatic hydroxyl groups excluding tert-OH is 1. The highest BCUT2D eigenvalue weighted by atomic mass is 32.1. The number of likely N-dealkylation sites (tertiary alicyclic amines) is 1. The maximum atomic E-state index is 11.8. The molecule has 124 valence electrons. The Morgan fingerprint density at radius 3 is 2.86 bits per heavy atom. The fourth-order valence-corrected chi connectivity index (χ4v) is 4.16. The largest absolute Gasteiger partial charge is 0.481 e. The van der Waals surface area contributed by atoms with E-state index in [0.717, 1.165) is 23.7 Å². The number of carboxylic acid groups (broad SMARTS) is 1. The van der Waals surface area contributed by atoms with Crippen LogP contribution in [0.4, 0.5) is 0 Å². The number of aliphatic hydroxyl groups is 1. The lowest BCUT2D eigenvalue weighted by molar-refractivity contribution is -0.164. The molecule has 0 spiro atoms. The van der Waals surface area contributed by atoms with Gasteiger partial charge in [0.15, 0.2) is 0 Å². The Morgan fingerprint density at radius 2 is 2.32 bits per heavy atom. The highest BCUT2D eigenvalue weighted by Gasteiger charge is 2.48. The van der Waals surface area contributed by atoms with E-state index in [9.17, 15) is 15.0 Å². The Hall–Kier alpha value is -0.980. The van der Waals surface area contributed by atoms with Gasteiger partial charge in [-0.3, -0.25) is 9.69 Å². The maximum Gasteiger partial charge on any atom is 0.313 e. The molecule has 0 aliphatic carbocycles. The number of rotatable bonds is 6. The lowest BCUT2D eigenvalue weighted by Gasteiger charge is -2.43. The monoisotopic (exact) mass is 326 g/mol. The molecule has 1 aromatic rings. The lowest BCUT2D eigenvalue weighted by Crippen LogP contribution is -2.55. The van der Waals surface area contributed by atoms with E-state index in [1.807, 2.05) is 6.92 Å². The zero-order valence-corrected chi connectivity index (χ0v) is 14.4. The number of aliphatic carboxylic acids is 1. The van der Waals surface area contributed by atoms with E-state index in [2.05, 4.69) is 29.1 Å². The average Bonchev–Trinajstić information content (AvgIpc) is 2.91. The number of hydrogen-bond acceptors (Lipinski definition) is 5. The predicted octanol–water partition coefficient (Wildman–Crippen LogP) is 2.70. The van der Waals surface area contributed by atoms with E-state index in [0.29, 0.717) is 31.8 Å². The predicted molar refractivity (Wildman–Crippen MR) is 87.1 cm³/mol. The zero-order chi connectivity index (χ0) is 16.3. The van der Waals surface area contributed by atoms with Gasteiger partial charge in [-0.25, -0.2) is 4.98 Å². The summed E-state index contributed by atoms with van der Waals surface area (Å²) in [5, 5.41) is 23.0. The van der Waals surface area contributed by atoms with Crippen LogP contribution in [0, 0.1) is 5.41 Å². The maximum absolute atomic E-state index is 11.8. The van der Waals surface area contributed by atoms with Crippen molar-refractivity contribution in [2.24, 2.45) is 5.41 Å². The number of carboxylic acids is 1. The van der Waals surface area contributed by atoms with Crippen molar-refractivity contribution in [3.8, 4) is 0 Å². The number of nitrogens with zero attached hydrogens (tertiary/aromatic N) is 2. The molecule has 2 N–H and O–H groups in total. The summed E-state index contributed by atoms with van der Waals surface area (Å²) in [6.45, 7) is 7.99. The molecule has 0 amide bonds. The summed E-state index contributed by atoms with van der Waals surface area (Å²) in [6, 6.07) is 0. The Labute approximate surface area is 136 Å². The molecule has 1 aliphatic rings. The third kappa shape index (κ3) is 3.50. The normalized spacial score (nSPS) is 26.5. The van der Waals surface area contributed by atoms with E-state index < -0.39 is 17.5 Å². The molecule has 0 saturated carbocycles. The molecule has 2 atom stereocenters. The van der Waals surface area contributed by atoms with Crippen molar-refractivity contribution in [3.05, 3.63) is 16.1 Å². The average molecular weight is 326 g/mol. The van der Waals surface area contributed by atoms with Gasteiger partial charge in [-0.1, -0.05) is 27.2 Å². The fraction of sp³-hybridized carbons (Fsp3) is 0.750. The van der Waals surface area contributed by atoms with Crippen LogP contribution in [0.2, 0.25) is 0 Å². The minimum Gasteiger partial charge on any atom is -0.481 e. The number of thiazole rings is 1.